The molecule has 0 aliphatic rings. The number of aryl methyl sites for hydroxylation is 3. The first-order valence-electron chi connectivity index (χ1n) is 36.7. The standard InChI is InChI=1S/C44H54N6O9.C39H45N5O7.Li.H2O/c1-31-18-19-46-40(27-31)50(43(54)59-44(2,3)4)21-8-11-41(52)47-30-35(51)28-34(29-42(53)55-5)32-12-14-33(15-13-32)36-16-17-39(38-10-7-6-9-37(36)38)58-26-25-57-24-23-56-22-20-48-49-45;1-28-16-17-41-32(24-28)6-2-5-9-38(46)42-27-33(45)25-31(26-39(47)48)29-10-12-30(13-11-29)34-14-15-37(36-8-4-3-7-35(34)36)51-23-22-50-21-20-49-19-18-43-44-40;;/h6-7,9-10,12-19,27,34H,8,11,20-26,28-30H2,1-5H3,(H,47,52);3-4,7-8,10-17,24,31H,2,5-6,9,18-23,25-27H2,1H3,(H,42,46)(H,47,48);;1H2/q;;+1;/p-1/t34-;31-;;/m00../s1. The predicted molar refractivity (Wildman–Crippen MR) is 421 cm³/mol. The number of aliphatic carboxylic acids is 1. The number of hydrogen-bond donors (Lipinski definition) is 3. The molecule has 3 amide bonds. The molecule has 2 atom stereocenters. The quantitative estimate of drug-likeness (QED) is 0.00796. The summed E-state index contributed by atoms with van der Waals surface area (Å²) in [6, 6.07) is 46.7. The van der Waals surface area contributed by atoms with Crippen molar-refractivity contribution in [3.05, 3.63) is 207 Å². The van der Waals surface area contributed by atoms with Crippen LogP contribution in [0.3, 0.4) is 0 Å². The van der Waals surface area contributed by atoms with Crippen LogP contribution < -0.4 is 43.9 Å². The first-order valence-corrected chi connectivity index (χ1v) is 36.7. The fraction of sp³-hybridized carbons (Fsp3) is 0.410. The number of azide groups is 2. The molecule has 2 aromatic heterocycles. The van der Waals surface area contributed by atoms with Crippen LogP contribution in [0.5, 0.6) is 11.5 Å². The van der Waals surface area contributed by atoms with Gasteiger partial charge in [0.1, 0.15) is 36.1 Å². The van der Waals surface area contributed by atoms with Gasteiger partial charge < -0.3 is 59.1 Å². The molecule has 0 fully saturated rings. The molecule has 2 heterocycles. The van der Waals surface area contributed by atoms with Crippen molar-refractivity contribution in [1.82, 2.24) is 20.6 Å². The number of hydrogen-bond acceptors (Lipinski definition) is 20. The Hall–Kier alpha value is -10.8. The third-order valence-corrected chi connectivity index (χ3v) is 17.3. The van der Waals surface area contributed by atoms with E-state index in [1.54, 1.807) is 39.2 Å². The Morgan fingerprint density at radius 1 is 0.536 bits per heavy atom. The Morgan fingerprint density at radius 2 is 0.982 bits per heavy atom. The molecule has 0 aliphatic carbocycles. The SMILES string of the molecule is COC(=O)C[C@H](CC(=O)CNC(=O)CCCN(C(=O)OC(C)(C)C)c1cc(C)ccn1)c1ccc(-c2ccc(OCCOCCOCCN=[N+]=[N-])c3ccccc23)cc1.Cc1ccnc(CCCCC(=O)NCC(=O)C[C@@H](CC(=O)O)c2ccc(-c3ccc(OCCOCCOCCN=[N+]=[N-])c4ccccc34)cc2)c1.[Li+].[OH-]. The van der Waals surface area contributed by atoms with E-state index in [0.717, 1.165) is 96.1 Å². The predicted octanol–water partition coefficient (Wildman–Crippen LogP) is 11.7. The van der Waals surface area contributed by atoms with Crippen LogP contribution in [0.1, 0.15) is 118 Å². The molecule has 0 spiro atoms. The number of rotatable bonds is 46. The zero-order valence-corrected chi connectivity index (χ0v) is 64.9. The molecule has 590 valence electrons. The molecule has 8 aromatic rings. The third kappa shape index (κ3) is 32.7. The van der Waals surface area contributed by atoms with E-state index in [4.69, 9.17) is 49.0 Å². The van der Waals surface area contributed by atoms with Crippen LogP contribution in [-0.2, 0) is 63.6 Å². The van der Waals surface area contributed by atoms with E-state index in [1.807, 2.05) is 153 Å². The largest absolute Gasteiger partial charge is 1.00 e. The summed E-state index contributed by atoms with van der Waals surface area (Å²) in [5, 5.41) is 25.7. The van der Waals surface area contributed by atoms with Gasteiger partial charge >= 0.3 is 36.9 Å². The van der Waals surface area contributed by atoms with Gasteiger partial charge in [0.05, 0.1) is 85.9 Å². The van der Waals surface area contributed by atoms with Gasteiger partial charge in [-0.3, -0.25) is 38.7 Å². The number of carboxylic acids is 1. The zero-order valence-electron chi connectivity index (χ0n) is 64.9. The molecule has 0 saturated heterocycles. The molecule has 112 heavy (non-hydrogen) atoms. The molecule has 0 aliphatic heterocycles. The number of amides is 3. The molecule has 0 bridgehead atoms. The number of ketones is 2. The van der Waals surface area contributed by atoms with Crippen LogP contribution in [0.4, 0.5) is 10.6 Å². The van der Waals surface area contributed by atoms with Crippen LogP contribution >= 0.6 is 0 Å². The summed E-state index contributed by atoms with van der Waals surface area (Å²) in [5.41, 5.74) is 24.3. The second-order valence-corrected chi connectivity index (χ2v) is 26.9. The van der Waals surface area contributed by atoms with Crippen LogP contribution in [0, 0.1) is 13.8 Å². The average Bonchev–Trinajstić information content (AvgIpc) is 0.790. The van der Waals surface area contributed by atoms with E-state index in [-0.39, 0.29) is 113 Å². The van der Waals surface area contributed by atoms with Crippen molar-refractivity contribution in [1.29, 1.82) is 0 Å². The molecule has 4 N–H and O–H groups in total. The molecule has 0 saturated carbocycles. The minimum Gasteiger partial charge on any atom is -0.870 e. The first kappa shape index (κ1) is 91.9. The van der Waals surface area contributed by atoms with E-state index in [2.05, 4.69) is 40.7 Å². The van der Waals surface area contributed by atoms with E-state index in [1.165, 1.54) is 12.0 Å². The third-order valence-electron chi connectivity index (χ3n) is 17.3. The topological polar surface area (TPSA) is 394 Å². The second kappa shape index (κ2) is 50.2. The van der Waals surface area contributed by atoms with Crippen LogP contribution in [0.15, 0.2) is 168 Å². The van der Waals surface area contributed by atoms with Crippen molar-refractivity contribution < 1.29 is 101 Å². The summed E-state index contributed by atoms with van der Waals surface area (Å²) in [6.07, 6.45) is 5.64. The van der Waals surface area contributed by atoms with Crippen LogP contribution in [0.25, 0.3) is 64.7 Å². The van der Waals surface area contributed by atoms with Gasteiger partial charge in [-0.15, -0.1) is 0 Å². The number of carbonyl (C=O) groups is 7. The number of carboxylic acid groups (broad SMARTS) is 1. The summed E-state index contributed by atoms with van der Waals surface area (Å²) >= 11 is 0. The summed E-state index contributed by atoms with van der Waals surface area (Å²) in [5.74, 6) is -1.55. The molecule has 29 heteroatoms. The minimum absolute atomic E-state index is 0. The Labute approximate surface area is 664 Å². The number of benzene rings is 6. The number of aromatic nitrogens is 2. The van der Waals surface area contributed by atoms with Crippen molar-refractivity contribution in [3.63, 3.8) is 0 Å². The van der Waals surface area contributed by atoms with Gasteiger partial charge in [0.2, 0.25) is 11.8 Å². The fourth-order valence-electron chi connectivity index (χ4n) is 11.9. The maximum Gasteiger partial charge on any atom is 1.00 e. The number of ether oxygens (including phenoxy) is 8. The van der Waals surface area contributed by atoms with Gasteiger partial charge in [-0.1, -0.05) is 119 Å². The van der Waals surface area contributed by atoms with Gasteiger partial charge in [-0.25, -0.2) is 9.78 Å². The summed E-state index contributed by atoms with van der Waals surface area (Å²) in [4.78, 5) is 104. The summed E-state index contributed by atoms with van der Waals surface area (Å²) < 4.78 is 44.5. The summed E-state index contributed by atoms with van der Waals surface area (Å²) in [6.45, 7) is 13.4. The van der Waals surface area contributed by atoms with Crippen molar-refractivity contribution in [2.45, 2.75) is 116 Å². The van der Waals surface area contributed by atoms with Gasteiger partial charge in [0.15, 0.2) is 11.6 Å². The minimum atomic E-state index is -0.994. The number of pyridine rings is 2. The maximum atomic E-state index is 13.2. The first-order chi connectivity index (χ1) is 53.2. The smallest absolute Gasteiger partial charge is 0.870 e. The molecule has 0 unspecified atom stereocenters. The molecule has 6 aromatic carbocycles. The zero-order chi connectivity index (χ0) is 78.9. The average molecular weight is 1530 g/mol. The number of unbranched alkanes of at least 4 members (excludes halogenated alkanes) is 1. The number of fused-ring (bicyclic) bond motifs is 2. The fourth-order valence-corrected chi connectivity index (χ4v) is 11.9. The number of nitrogens with zero attached hydrogens (tertiary/aromatic N) is 9. The number of Topliss-reactive ketones (excluding diaryl/α,β-unsaturated/α-hetero) is 2. The van der Waals surface area contributed by atoms with E-state index < -0.39 is 35.5 Å². The van der Waals surface area contributed by atoms with Crippen molar-refractivity contribution in [2.24, 2.45) is 10.2 Å². The molecule has 8 rings (SSSR count). The number of anilines is 1. The van der Waals surface area contributed by atoms with Crippen molar-refractivity contribution >= 4 is 68.8 Å². The van der Waals surface area contributed by atoms with Crippen LogP contribution in [0.2, 0.25) is 0 Å². The Kier molecular flexibility index (Phi) is 41.2. The van der Waals surface area contributed by atoms with Gasteiger partial charge in [-0.05, 0) is 163 Å². The number of methoxy groups -OCH3 is 1. The Morgan fingerprint density at radius 3 is 1.44 bits per heavy atom. The van der Waals surface area contributed by atoms with Crippen molar-refractivity contribution in [2.75, 3.05) is 111 Å². The monoisotopic (exact) mass is 1530 g/mol. The molecule has 0 radical (unpaired) electrons. The van der Waals surface area contributed by atoms with E-state index >= 15 is 0 Å². The Bertz CT molecular complexity index is 4420. The maximum absolute atomic E-state index is 13.2. The number of nitrogens with one attached hydrogen (secondary N) is 2. The Balaban J connectivity index is 0.000000397. The van der Waals surface area contributed by atoms with Crippen molar-refractivity contribution in [3.8, 4) is 33.8 Å². The normalized spacial score (nSPS) is 11.3. The summed E-state index contributed by atoms with van der Waals surface area (Å²) in [7, 11) is 1.31. The molecule has 28 nitrogen and oxygen atoms in total. The van der Waals surface area contributed by atoms with Gasteiger partial charge in [0, 0.05) is 95.8 Å². The number of carbonyl (C=O) groups excluding carboxylic acids is 6. The van der Waals surface area contributed by atoms with Gasteiger partial charge in [0.25, 0.3) is 0 Å². The number of esters is 1. The van der Waals surface area contributed by atoms with E-state index in [0.29, 0.717) is 91.1 Å². The second-order valence-electron chi connectivity index (χ2n) is 26.9. The van der Waals surface area contributed by atoms with E-state index in [9.17, 15) is 38.7 Å². The molecular formula is C83H100LiN11O17. The van der Waals surface area contributed by atoms with Crippen LogP contribution in [-0.4, -0.2) is 173 Å². The molecular weight excluding hydrogens is 1430 g/mol. The van der Waals surface area contributed by atoms with Gasteiger partial charge in [-0.2, -0.15) is 0 Å².